The molecule has 5 rings (SSSR count). The predicted molar refractivity (Wildman–Crippen MR) is 146 cm³/mol. The van der Waals surface area contributed by atoms with Gasteiger partial charge in [0.2, 0.25) is 0 Å². The van der Waals surface area contributed by atoms with Crippen LogP contribution in [-0.4, -0.2) is 25.7 Å². The second-order valence-electron chi connectivity index (χ2n) is 8.94. The van der Waals surface area contributed by atoms with Gasteiger partial charge < -0.3 is 19.9 Å². The van der Waals surface area contributed by atoms with Crippen LogP contribution in [0, 0.1) is 20.8 Å². The fourth-order valence-corrected chi connectivity index (χ4v) is 5.46. The maximum Gasteiger partial charge on any atom is 0.335 e. The number of carboxylic acid groups (broad SMARTS) is 1. The lowest BCUT2D eigenvalue weighted by atomic mass is 9.96. The first-order valence-corrected chi connectivity index (χ1v) is 12.3. The van der Waals surface area contributed by atoms with Gasteiger partial charge in [0, 0.05) is 34.0 Å². The first-order chi connectivity index (χ1) is 17.3. The van der Waals surface area contributed by atoms with E-state index in [2.05, 4.69) is 32.8 Å². The number of pyridine rings is 1. The smallest absolute Gasteiger partial charge is 0.335 e. The Morgan fingerprint density at radius 1 is 1.06 bits per heavy atom. The Balaban J connectivity index is 1.69. The number of rotatable bonds is 5. The van der Waals surface area contributed by atoms with Crippen molar-refractivity contribution in [3.63, 3.8) is 0 Å². The van der Waals surface area contributed by atoms with E-state index in [4.69, 9.17) is 23.8 Å². The van der Waals surface area contributed by atoms with Crippen molar-refractivity contribution < 1.29 is 9.90 Å². The number of carbonyl (C=O) groups is 1. The molecular weight excluding hydrogens is 492 g/mol. The van der Waals surface area contributed by atoms with Crippen molar-refractivity contribution >= 4 is 40.6 Å². The highest BCUT2D eigenvalue weighted by molar-refractivity contribution is 7.80. The van der Waals surface area contributed by atoms with Crippen molar-refractivity contribution in [2.45, 2.75) is 32.9 Å². The predicted octanol–water partition coefficient (Wildman–Crippen LogP) is 6.33. The molecule has 4 aromatic rings. The number of aromatic nitrogens is 2. The van der Waals surface area contributed by atoms with Gasteiger partial charge in [-0.05, 0) is 98.7 Å². The van der Waals surface area contributed by atoms with Gasteiger partial charge in [-0.3, -0.25) is 4.98 Å². The molecule has 0 unspecified atom stereocenters. The van der Waals surface area contributed by atoms with Crippen molar-refractivity contribution in [3.8, 4) is 5.69 Å². The van der Waals surface area contributed by atoms with E-state index in [0.717, 1.165) is 39.6 Å². The number of nitrogens with one attached hydrogen (secondary N) is 1. The van der Waals surface area contributed by atoms with E-state index in [1.165, 1.54) is 0 Å². The Labute approximate surface area is 220 Å². The average molecular weight is 517 g/mol. The van der Waals surface area contributed by atoms with Crippen LogP contribution in [0.1, 0.15) is 50.7 Å². The van der Waals surface area contributed by atoms with Crippen LogP contribution >= 0.6 is 23.8 Å². The molecule has 6 nitrogen and oxygen atoms in total. The van der Waals surface area contributed by atoms with Crippen LogP contribution < -0.4 is 10.2 Å². The van der Waals surface area contributed by atoms with Crippen LogP contribution in [0.15, 0.2) is 72.9 Å². The molecule has 2 atom stereocenters. The first-order valence-electron chi connectivity index (χ1n) is 11.6. The Bertz CT molecular complexity index is 1470. The van der Waals surface area contributed by atoms with Gasteiger partial charge in [0.15, 0.2) is 5.11 Å². The third-order valence-electron chi connectivity index (χ3n) is 6.69. The zero-order valence-electron chi connectivity index (χ0n) is 20.1. The third kappa shape index (κ3) is 4.14. The van der Waals surface area contributed by atoms with E-state index in [1.54, 1.807) is 18.3 Å². The van der Waals surface area contributed by atoms with Crippen LogP contribution in [0.25, 0.3) is 5.69 Å². The van der Waals surface area contributed by atoms with Crippen molar-refractivity contribution in [2.24, 2.45) is 0 Å². The lowest BCUT2D eigenvalue weighted by Crippen LogP contribution is -2.29. The minimum absolute atomic E-state index is 0.184. The SMILES string of the molecule is Cc1ccc(C(=O)O)cc1-n1c(C)cc([C@@H]2[C@H](c3ccccn3)NC(=S)N2c2ccc(Cl)cc2)c1C. The largest absolute Gasteiger partial charge is 0.478 e. The standard InChI is InChI=1S/C28H25ClN4O2S/c1-16-7-8-19(27(34)35)15-24(16)32-17(2)14-22(18(32)3)26-25(23-6-4-5-13-30-23)31-28(36)33(26)21-11-9-20(29)10-12-21/h4-15,25-26H,1-3H3,(H,31,36)(H,34,35)/t25-,26+/m0/s1. The van der Waals surface area contributed by atoms with E-state index in [-0.39, 0.29) is 17.6 Å². The minimum atomic E-state index is -0.951. The number of hydrogen-bond acceptors (Lipinski definition) is 3. The third-order valence-corrected chi connectivity index (χ3v) is 7.26. The molecular formula is C28H25ClN4O2S. The maximum absolute atomic E-state index is 11.7. The molecule has 0 spiro atoms. The zero-order chi connectivity index (χ0) is 25.6. The highest BCUT2D eigenvalue weighted by atomic mass is 35.5. The fourth-order valence-electron chi connectivity index (χ4n) is 4.99. The molecule has 3 heterocycles. The number of hydrogen-bond donors (Lipinski definition) is 2. The Morgan fingerprint density at radius 2 is 1.81 bits per heavy atom. The number of halogens is 1. The molecule has 1 aliphatic rings. The highest BCUT2D eigenvalue weighted by Crippen LogP contribution is 2.44. The number of anilines is 1. The van der Waals surface area contributed by atoms with Crippen molar-refractivity contribution in [1.29, 1.82) is 0 Å². The Morgan fingerprint density at radius 3 is 2.47 bits per heavy atom. The lowest BCUT2D eigenvalue weighted by Gasteiger charge is -2.28. The number of aryl methyl sites for hydroxylation is 2. The Kier molecular flexibility index (Phi) is 6.28. The summed E-state index contributed by atoms with van der Waals surface area (Å²) >= 11 is 12.0. The van der Waals surface area contributed by atoms with E-state index in [0.29, 0.717) is 10.1 Å². The molecule has 8 heteroatoms. The number of aromatic carboxylic acids is 1. The van der Waals surface area contributed by atoms with Gasteiger partial charge in [-0.15, -0.1) is 0 Å². The maximum atomic E-state index is 11.7. The zero-order valence-corrected chi connectivity index (χ0v) is 21.6. The van der Waals surface area contributed by atoms with E-state index >= 15 is 0 Å². The second kappa shape index (κ2) is 9.41. The van der Waals surface area contributed by atoms with Crippen LogP contribution in [-0.2, 0) is 0 Å². The number of carboxylic acids is 1. The summed E-state index contributed by atoms with van der Waals surface area (Å²) < 4.78 is 2.12. The van der Waals surface area contributed by atoms with Gasteiger partial charge in [0.25, 0.3) is 0 Å². The van der Waals surface area contributed by atoms with Crippen molar-refractivity contribution in [2.75, 3.05) is 4.90 Å². The molecule has 0 amide bonds. The van der Waals surface area contributed by atoms with Gasteiger partial charge in [-0.2, -0.15) is 0 Å². The molecule has 182 valence electrons. The second-order valence-corrected chi connectivity index (χ2v) is 9.76. The van der Waals surface area contributed by atoms with Crippen LogP contribution in [0.5, 0.6) is 0 Å². The summed E-state index contributed by atoms with van der Waals surface area (Å²) in [4.78, 5) is 18.4. The van der Waals surface area contributed by atoms with Gasteiger partial charge in [-0.25, -0.2) is 4.79 Å². The van der Waals surface area contributed by atoms with Gasteiger partial charge in [0.1, 0.15) is 0 Å². The molecule has 2 aromatic carbocycles. The normalized spacial score (nSPS) is 17.3. The molecule has 2 aromatic heterocycles. The molecule has 1 fully saturated rings. The van der Waals surface area contributed by atoms with Crippen molar-refractivity contribution in [1.82, 2.24) is 14.9 Å². The first kappa shape index (κ1) is 24.0. The van der Waals surface area contributed by atoms with E-state index in [1.807, 2.05) is 62.4 Å². The number of nitrogens with zero attached hydrogens (tertiary/aromatic N) is 3. The highest BCUT2D eigenvalue weighted by Gasteiger charge is 2.42. The molecule has 2 N–H and O–H groups in total. The van der Waals surface area contributed by atoms with Crippen molar-refractivity contribution in [3.05, 3.63) is 112 Å². The summed E-state index contributed by atoms with van der Waals surface area (Å²) in [6.45, 7) is 6.08. The van der Waals surface area contributed by atoms with Crippen LogP contribution in [0.2, 0.25) is 5.02 Å². The quantitative estimate of drug-likeness (QED) is 0.302. The molecule has 0 bridgehead atoms. The van der Waals surface area contributed by atoms with Gasteiger partial charge in [-0.1, -0.05) is 23.7 Å². The lowest BCUT2D eigenvalue weighted by molar-refractivity contribution is 0.0697. The monoisotopic (exact) mass is 516 g/mol. The van der Waals surface area contributed by atoms with Crippen LogP contribution in [0.4, 0.5) is 5.69 Å². The molecule has 1 aliphatic heterocycles. The minimum Gasteiger partial charge on any atom is -0.478 e. The summed E-state index contributed by atoms with van der Waals surface area (Å²) in [5.74, 6) is -0.951. The van der Waals surface area contributed by atoms with E-state index < -0.39 is 5.97 Å². The molecule has 0 saturated carbocycles. The van der Waals surface area contributed by atoms with E-state index in [9.17, 15) is 9.90 Å². The number of benzene rings is 2. The Hall–Kier alpha value is -3.68. The summed E-state index contributed by atoms with van der Waals surface area (Å²) in [5, 5.41) is 14.3. The summed E-state index contributed by atoms with van der Waals surface area (Å²) in [6.07, 6.45) is 1.78. The van der Waals surface area contributed by atoms with Crippen LogP contribution in [0.3, 0.4) is 0 Å². The van der Waals surface area contributed by atoms with Gasteiger partial charge >= 0.3 is 5.97 Å². The summed E-state index contributed by atoms with van der Waals surface area (Å²) in [5.41, 5.74) is 6.98. The molecule has 1 saturated heterocycles. The number of thiocarbonyl (C=S) groups is 1. The summed E-state index contributed by atoms with van der Waals surface area (Å²) in [6, 6.07) is 20.5. The summed E-state index contributed by atoms with van der Waals surface area (Å²) in [7, 11) is 0. The fraction of sp³-hybridized carbons (Fsp3) is 0.179. The molecule has 0 aliphatic carbocycles. The average Bonchev–Trinajstić information content (AvgIpc) is 3.35. The topological polar surface area (TPSA) is 70.4 Å². The molecule has 0 radical (unpaired) electrons. The van der Waals surface area contributed by atoms with Gasteiger partial charge in [0.05, 0.1) is 23.3 Å². The molecule has 36 heavy (non-hydrogen) atoms.